The molecule has 12 rings (SSSR count). The Labute approximate surface area is 329 Å². The van der Waals surface area contributed by atoms with Crippen LogP contribution in [0.2, 0.25) is 0 Å². The van der Waals surface area contributed by atoms with Crippen LogP contribution in [0.3, 0.4) is 0 Å². The van der Waals surface area contributed by atoms with Crippen molar-refractivity contribution in [1.82, 2.24) is 0 Å². The summed E-state index contributed by atoms with van der Waals surface area (Å²) in [5.41, 5.74) is 3.26. The molecule has 2 aromatic carbocycles. The average molecular weight is 755 g/mol. The summed E-state index contributed by atoms with van der Waals surface area (Å²) >= 11 is 0. The molecule has 0 radical (unpaired) electrons. The largest absolute Gasteiger partial charge is 0.464 e. The summed E-state index contributed by atoms with van der Waals surface area (Å²) in [6.07, 6.45) is 9.18. The molecule has 4 aromatic rings. The highest BCUT2D eigenvalue weighted by Gasteiger charge is 2.68. The van der Waals surface area contributed by atoms with Crippen molar-refractivity contribution in [1.29, 1.82) is 0 Å². The van der Waals surface area contributed by atoms with Gasteiger partial charge in [-0.05, 0) is 125 Å². The Balaban J connectivity index is 0.000000132. The van der Waals surface area contributed by atoms with Crippen LogP contribution in [-0.2, 0) is 31.3 Å². The molecule has 6 saturated carbocycles. The first-order chi connectivity index (χ1) is 25.2. The maximum atomic E-state index is 10.0. The van der Waals surface area contributed by atoms with E-state index in [0.29, 0.717) is 29.5 Å². The monoisotopic (exact) mass is 754 g/mol. The fraction of sp³-hybridized carbons (Fsp3) is 0.644. The van der Waals surface area contributed by atoms with E-state index in [1.807, 2.05) is 36.6 Å². The molecule has 2 aromatic heterocycles. The highest BCUT2D eigenvalue weighted by Crippen LogP contribution is 2.66. The molecule has 4 bridgehead atoms. The summed E-state index contributed by atoms with van der Waals surface area (Å²) in [6, 6.07) is 16.2. The van der Waals surface area contributed by atoms with Gasteiger partial charge in [-0.1, -0.05) is 71.5 Å². The quantitative estimate of drug-likeness (QED) is 0.199. The van der Waals surface area contributed by atoms with Crippen LogP contribution in [0.4, 0.5) is 0 Å². The minimum Gasteiger partial charge on any atom is -0.464 e. The molecule has 10 heteroatoms. The second kappa shape index (κ2) is 13.8. The first kappa shape index (κ1) is 40.6. The molecule has 0 unspecified atom stereocenters. The molecule has 6 aliphatic carbocycles. The number of aliphatic hydroxyl groups excluding tert-OH is 1. The third-order valence-electron chi connectivity index (χ3n) is 15.6. The van der Waals surface area contributed by atoms with Gasteiger partial charge in [0.1, 0.15) is 11.2 Å². The molecule has 2 aliphatic heterocycles. The summed E-state index contributed by atoms with van der Waals surface area (Å²) in [6.45, 7) is 21.5. The zero-order chi connectivity index (χ0) is 38.6. The highest BCUT2D eigenvalue weighted by molar-refractivity contribution is 6.45. The molecule has 298 valence electrons. The molecule has 8 fully saturated rings. The van der Waals surface area contributed by atoms with E-state index in [1.165, 1.54) is 17.4 Å². The fourth-order valence-corrected chi connectivity index (χ4v) is 11.0. The Kier molecular flexibility index (Phi) is 10.2. The van der Waals surface area contributed by atoms with Crippen LogP contribution >= 0.6 is 0 Å². The lowest BCUT2D eigenvalue weighted by Crippen LogP contribution is -2.66. The van der Waals surface area contributed by atoms with E-state index in [4.69, 9.17) is 27.5 Å². The smallest absolute Gasteiger partial charge is 0.462 e. The third kappa shape index (κ3) is 6.65. The van der Waals surface area contributed by atoms with Crippen molar-refractivity contribution in [2.75, 3.05) is 0 Å². The van der Waals surface area contributed by atoms with E-state index in [0.717, 1.165) is 53.6 Å². The SMILES string of the molecule is C.CC1(C)OB(Cc2coc3ccccc23)OC1(C)C.CC1(C)[C@@H]2C[C@@H](O)[C@@](C)(O)[C@H]1C2.CC1(C)[C@@H]2C[C@H]3OB(Cc4coc5ccccc45)O[C@@]3(C)[C@H]1C2. The van der Waals surface area contributed by atoms with Crippen LogP contribution in [0, 0.1) is 34.5 Å². The normalized spacial score (nSPS) is 35.3. The van der Waals surface area contributed by atoms with Crippen molar-refractivity contribution in [3.63, 3.8) is 0 Å². The number of benzene rings is 2. The zero-order valence-corrected chi connectivity index (χ0v) is 34.0. The Hall–Kier alpha value is -2.59. The maximum Gasteiger partial charge on any atom is 0.462 e. The number of aliphatic hydroxyl groups is 2. The van der Waals surface area contributed by atoms with Crippen LogP contribution < -0.4 is 0 Å². The van der Waals surface area contributed by atoms with E-state index < -0.39 is 11.7 Å². The van der Waals surface area contributed by atoms with Gasteiger partial charge in [0.2, 0.25) is 0 Å². The Morgan fingerprint density at radius 1 is 0.618 bits per heavy atom. The number of rotatable bonds is 4. The van der Waals surface area contributed by atoms with Crippen LogP contribution in [0.5, 0.6) is 0 Å². The lowest BCUT2D eigenvalue weighted by Gasteiger charge is -2.64. The Morgan fingerprint density at radius 2 is 1.09 bits per heavy atom. The van der Waals surface area contributed by atoms with Crippen molar-refractivity contribution in [3.05, 3.63) is 72.2 Å². The van der Waals surface area contributed by atoms with Gasteiger partial charge >= 0.3 is 14.2 Å². The second-order valence-electron chi connectivity index (χ2n) is 19.8. The molecule has 0 amide bonds. The van der Waals surface area contributed by atoms with Crippen molar-refractivity contribution in [2.45, 2.75) is 150 Å². The van der Waals surface area contributed by atoms with Crippen molar-refractivity contribution in [2.24, 2.45) is 34.5 Å². The second-order valence-corrected chi connectivity index (χ2v) is 19.8. The van der Waals surface area contributed by atoms with E-state index in [9.17, 15) is 10.2 Å². The van der Waals surface area contributed by atoms with Gasteiger partial charge in [0, 0.05) is 23.4 Å². The third-order valence-corrected chi connectivity index (χ3v) is 15.6. The van der Waals surface area contributed by atoms with Crippen LogP contribution in [0.25, 0.3) is 21.9 Å². The van der Waals surface area contributed by atoms with Gasteiger partial charge in [-0.15, -0.1) is 0 Å². The van der Waals surface area contributed by atoms with Gasteiger partial charge in [-0.3, -0.25) is 0 Å². The van der Waals surface area contributed by atoms with Crippen molar-refractivity contribution in [3.8, 4) is 0 Å². The molecule has 8 nitrogen and oxygen atoms in total. The van der Waals surface area contributed by atoms with Crippen molar-refractivity contribution < 1.29 is 37.7 Å². The fourth-order valence-electron chi connectivity index (χ4n) is 11.0. The van der Waals surface area contributed by atoms with E-state index in [-0.39, 0.29) is 50.0 Å². The molecule has 0 spiro atoms. The van der Waals surface area contributed by atoms with Crippen LogP contribution in [-0.4, -0.2) is 59.1 Å². The number of furan rings is 2. The molecule has 8 aliphatic rings. The molecule has 55 heavy (non-hydrogen) atoms. The lowest BCUT2D eigenvalue weighted by molar-refractivity contribution is -0.245. The number of hydrogen-bond donors (Lipinski definition) is 2. The van der Waals surface area contributed by atoms with E-state index >= 15 is 0 Å². The molecule has 2 saturated heterocycles. The number of hydrogen-bond acceptors (Lipinski definition) is 8. The average Bonchev–Trinajstić information content (AvgIpc) is 3.84. The molecule has 4 heterocycles. The summed E-state index contributed by atoms with van der Waals surface area (Å²) < 4.78 is 36.1. The van der Waals surface area contributed by atoms with Crippen LogP contribution in [0.1, 0.15) is 113 Å². The number of para-hydroxylation sites is 2. The molecule has 2 N–H and O–H groups in total. The van der Waals surface area contributed by atoms with E-state index in [1.54, 1.807) is 13.2 Å². The predicted molar refractivity (Wildman–Crippen MR) is 219 cm³/mol. The lowest BCUT2D eigenvalue weighted by atomic mass is 9.43. The minimum atomic E-state index is -0.849. The van der Waals surface area contributed by atoms with Gasteiger partial charge < -0.3 is 37.7 Å². The standard InChI is InChI=1S/C19H23BO3.C15H19BO3.C10H18O2.CH4/c1-18(2)13-8-16(18)19(3)17(9-13)22-20(23-19)10-12-11-21-15-7-5-4-6-14(12)15;1-14(2)15(3,4)19-16(18-14)9-11-10-17-13-8-6-5-7-12(11)13;1-9(2)6-4-7(9)10(3,12)8(11)5-6;/h4-7,11,13,16-17H,8-10H2,1-3H3;5-8,10H,9H2,1-4H3;6-8,11-12H,4-5H2,1-3H3;1H4/t13-,16-,17+,19-;;6-,7-,8+,10-;/m0.0./s1. The summed E-state index contributed by atoms with van der Waals surface area (Å²) in [4.78, 5) is 0. The Morgan fingerprint density at radius 3 is 1.58 bits per heavy atom. The van der Waals surface area contributed by atoms with Gasteiger partial charge in [0.15, 0.2) is 0 Å². The molecular formula is C45H64B2O8. The maximum absolute atomic E-state index is 10.0. The Bertz CT molecular complexity index is 1980. The summed E-state index contributed by atoms with van der Waals surface area (Å²) in [5.74, 6) is 2.32. The predicted octanol–water partition coefficient (Wildman–Crippen LogP) is 9.65. The first-order valence-corrected chi connectivity index (χ1v) is 20.2. The highest BCUT2D eigenvalue weighted by atomic mass is 16.7. The van der Waals surface area contributed by atoms with Gasteiger partial charge in [-0.2, -0.15) is 0 Å². The summed E-state index contributed by atoms with van der Waals surface area (Å²) in [5, 5.41) is 22.0. The van der Waals surface area contributed by atoms with Crippen LogP contribution in [0.15, 0.2) is 69.9 Å². The zero-order valence-electron chi connectivity index (χ0n) is 34.0. The van der Waals surface area contributed by atoms with Gasteiger partial charge in [0.05, 0.1) is 47.1 Å². The van der Waals surface area contributed by atoms with Gasteiger partial charge in [-0.25, -0.2) is 0 Å². The molecular weight excluding hydrogens is 690 g/mol. The van der Waals surface area contributed by atoms with Gasteiger partial charge in [0.25, 0.3) is 0 Å². The van der Waals surface area contributed by atoms with Crippen molar-refractivity contribution >= 4 is 36.2 Å². The summed E-state index contributed by atoms with van der Waals surface area (Å²) in [7, 11) is -0.368. The first-order valence-electron chi connectivity index (χ1n) is 20.2. The topological polar surface area (TPSA) is 104 Å². The number of fused-ring (bicyclic) bond motifs is 4. The van der Waals surface area contributed by atoms with E-state index in [2.05, 4.69) is 80.5 Å². The molecule has 8 atom stereocenters. The minimum absolute atomic E-state index is 0.